The third-order valence-electron chi connectivity index (χ3n) is 1.72. The zero-order chi connectivity index (χ0) is 11.8. The molecule has 0 fully saturated rings. The summed E-state index contributed by atoms with van der Waals surface area (Å²) in [6, 6.07) is -0.491. The van der Waals surface area contributed by atoms with Crippen LogP contribution in [-0.4, -0.2) is 29.8 Å². The van der Waals surface area contributed by atoms with Crippen LogP contribution >= 0.6 is 0 Å². The summed E-state index contributed by atoms with van der Waals surface area (Å²) in [7, 11) is 0. The number of alkyl carbamates (subject to hydrolysis) is 1. The van der Waals surface area contributed by atoms with Crippen molar-refractivity contribution in [2.75, 3.05) is 6.61 Å². The van der Waals surface area contributed by atoms with E-state index in [1.54, 1.807) is 0 Å². The third kappa shape index (κ3) is 5.77. The van der Waals surface area contributed by atoms with Crippen LogP contribution in [0, 0.1) is 5.92 Å². The topological polar surface area (TPSA) is 96.9 Å². The van der Waals surface area contributed by atoms with Gasteiger partial charge in [-0.2, -0.15) is 0 Å². The summed E-state index contributed by atoms with van der Waals surface area (Å²) in [4.78, 5) is 11.2. The molecule has 1 unspecified atom stereocenters. The first-order valence-electron chi connectivity index (χ1n) is 4.91. The van der Waals surface area contributed by atoms with Crippen LogP contribution in [0.2, 0.25) is 0 Å². The molecule has 0 heterocycles. The Morgan fingerprint density at radius 3 is 2.60 bits per heavy atom. The van der Waals surface area contributed by atoms with Crippen LogP contribution in [0.3, 0.4) is 0 Å². The predicted octanol–water partition coefficient (Wildman–Crippen LogP) is 0.894. The molecular formula is C9H19N3O3. The van der Waals surface area contributed by atoms with Crippen molar-refractivity contribution in [1.29, 1.82) is 0 Å². The zero-order valence-electron chi connectivity index (χ0n) is 9.36. The van der Waals surface area contributed by atoms with E-state index >= 15 is 0 Å². The van der Waals surface area contributed by atoms with Gasteiger partial charge in [0.1, 0.15) is 0 Å². The second kappa shape index (κ2) is 6.92. The summed E-state index contributed by atoms with van der Waals surface area (Å²) in [5.41, 5.74) is 5.36. The molecule has 0 saturated heterocycles. The third-order valence-corrected chi connectivity index (χ3v) is 1.72. The Bertz CT molecular complexity index is 229. The molecule has 0 aliphatic rings. The van der Waals surface area contributed by atoms with E-state index in [9.17, 15) is 4.79 Å². The number of amides is 1. The van der Waals surface area contributed by atoms with E-state index < -0.39 is 12.1 Å². The maximum atomic E-state index is 11.2. The van der Waals surface area contributed by atoms with Crippen molar-refractivity contribution in [3.05, 3.63) is 0 Å². The van der Waals surface area contributed by atoms with Gasteiger partial charge in [0.25, 0.3) is 0 Å². The predicted molar refractivity (Wildman–Crippen MR) is 56.8 cm³/mol. The smallest absolute Gasteiger partial charge is 0.407 e. The number of nitrogens with zero attached hydrogens (tertiary/aromatic N) is 1. The summed E-state index contributed by atoms with van der Waals surface area (Å²) >= 11 is 0. The van der Waals surface area contributed by atoms with Crippen molar-refractivity contribution in [2.45, 2.75) is 33.2 Å². The number of hydrogen-bond donors (Lipinski definition) is 3. The molecule has 15 heavy (non-hydrogen) atoms. The normalized spacial score (nSPS) is 13.7. The van der Waals surface area contributed by atoms with Crippen LogP contribution in [0.25, 0.3) is 0 Å². The van der Waals surface area contributed by atoms with Crippen molar-refractivity contribution in [3.8, 4) is 0 Å². The summed E-state index contributed by atoms with van der Waals surface area (Å²) in [6.07, 6.45) is -0.0192. The van der Waals surface area contributed by atoms with Crippen molar-refractivity contribution in [3.63, 3.8) is 0 Å². The molecule has 1 atom stereocenters. The molecule has 0 saturated carbocycles. The molecule has 0 aromatic heterocycles. The highest BCUT2D eigenvalue weighted by molar-refractivity contribution is 5.88. The highest BCUT2D eigenvalue weighted by Crippen LogP contribution is 1.95. The molecule has 1 amide bonds. The molecule has 4 N–H and O–H groups in total. The van der Waals surface area contributed by atoms with Gasteiger partial charge in [0.2, 0.25) is 0 Å². The molecule has 0 aliphatic heterocycles. The molecule has 6 heteroatoms. The van der Waals surface area contributed by atoms with Crippen molar-refractivity contribution in [2.24, 2.45) is 16.8 Å². The second-order valence-electron chi connectivity index (χ2n) is 3.62. The van der Waals surface area contributed by atoms with Gasteiger partial charge in [-0.1, -0.05) is 25.9 Å². The van der Waals surface area contributed by atoms with E-state index in [0.29, 0.717) is 13.0 Å². The lowest BCUT2D eigenvalue weighted by Crippen LogP contribution is -2.44. The Hall–Kier alpha value is -1.46. The number of ether oxygens (including phenoxy) is 1. The average molecular weight is 217 g/mol. The molecule has 0 aliphatic carbocycles. The van der Waals surface area contributed by atoms with E-state index in [0.717, 1.165) is 0 Å². The fourth-order valence-electron chi connectivity index (χ4n) is 0.881. The first-order valence-corrected chi connectivity index (χ1v) is 4.91. The largest absolute Gasteiger partial charge is 0.449 e. The van der Waals surface area contributed by atoms with Crippen molar-refractivity contribution < 1.29 is 14.7 Å². The Morgan fingerprint density at radius 2 is 2.20 bits per heavy atom. The summed E-state index contributed by atoms with van der Waals surface area (Å²) in [5, 5.41) is 13.8. The Labute approximate surface area is 89.5 Å². The van der Waals surface area contributed by atoms with E-state index in [1.807, 2.05) is 20.8 Å². The van der Waals surface area contributed by atoms with Crippen molar-refractivity contribution >= 4 is 11.9 Å². The standard InChI is InChI=1S/C9H19N3O3/c1-4-7(8(10)12-14)11-9(13)15-5-6(2)3/h6-7,14H,4-5H2,1-3H3,(H2,10,12)(H,11,13). The van der Waals surface area contributed by atoms with Gasteiger partial charge in [0.15, 0.2) is 5.84 Å². The van der Waals surface area contributed by atoms with Gasteiger partial charge in [-0.15, -0.1) is 0 Å². The lowest BCUT2D eigenvalue weighted by atomic mass is 10.2. The van der Waals surface area contributed by atoms with Crippen LogP contribution in [0.1, 0.15) is 27.2 Å². The lowest BCUT2D eigenvalue weighted by molar-refractivity contribution is 0.131. The van der Waals surface area contributed by atoms with E-state index in [2.05, 4.69) is 10.5 Å². The number of carbonyl (C=O) groups excluding carboxylic acids is 1. The first kappa shape index (κ1) is 13.5. The molecule has 0 spiro atoms. The highest BCUT2D eigenvalue weighted by atomic mass is 16.5. The summed E-state index contributed by atoms with van der Waals surface area (Å²) in [5.74, 6) is 0.249. The van der Waals surface area contributed by atoms with Gasteiger partial charge in [0.05, 0.1) is 12.6 Å². The SMILES string of the molecule is CCC(NC(=O)OCC(C)C)/C(N)=N/O. The molecule has 0 bridgehead atoms. The molecule has 0 radical (unpaired) electrons. The quantitative estimate of drug-likeness (QED) is 0.276. The number of amidine groups is 1. The maximum absolute atomic E-state index is 11.2. The minimum absolute atomic E-state index is 0.0287. The lowest BCUT2D eigenvalue weighted by Gasteiger charge is -2.15. The number of rotatable bonds is 5. The molecule has 88 valence electrons. The minimum atomic E-state index is -0.554. The minimum Gasteiger partial charge on any atom is -0.449 e. The zero-order valence-corrected chi connectivity index (χ0v) is 9.36. The van der Waals surface area contributed by atoms with Crippen LogP contribution in [0.5, 0.6) is 0 Å². The average Bonchev–Trinajstić information content (AvgIpc) is 2.21. The summed E-state index contributed by atoms with van der Waals surface area (Å²) < 4.78 is 4.89. The van der Waals surface area contributed by atoms with Gasteiger partial charge in [-0.05, 0) is 12.3 Å². The summed E-state index contributed by atoms with van der Waals surface area (Å²) in [6.45, 7) is 6.03. The fraction of sp³-hybridized carbons (Fsp3) is 0.778. The van der Waals surface area contributed by atoms with Crippen LogP contribution in [0.4, 0.5) is 4.79 Å². The van der Waals surface area contributed by atoms with Crippen molar-refractivity contribution in [1.82, 2.24) is 5.32 Å². The Kier molecular flexibility index (Phi) is 6.24. The Balaban J connectivity index is 4.02. The number of hydrogen-bond acceptors (Lipinski definition) is 4. The van der Waals surface area contributed by atoms with E-state index in [4.69, 9.17) is 15.7 Å². The highest BCUT2D eigenvalue weighted by Gasteiger charge is 2.15. The Morgan fingerprint density at radius 1 is 1.60 bits per heavy atom. The van der Waals surface area contributed by atoms with Gasteiger partial charge in [-0.25, -0.2) is 4.79 Å². The van der Waals surface area contributed by atoms with Gasteiger partial charge >= 0.3 is 6.09 Å². The van der Waals surface area contributed by atoms with Crippen LogP contribution in [-0.2, 0) is 4.74 Å². The van der Waals surface area contributed by atoms with Crippen LogP contribution in [0.15, 0.2) is 5.16 Å². The van der Waals surface area contributed by atoms with Crippen LogP contribution < -0.4 is 11.1 Å². The van der Waals surface area contributed by atoms with Gasteiger partial charge in [0, 0.05) is 0 Å². The van der Waals surface area contributed by atoms with Gasteiger partial charge in [-0.3, -0.25) is 0 Å². The second-order valence-corrected chi connectivity index (χ2v) is 3.62. The fourth-order valence-corrected chi connectivity index (χ4v) is 0.881. The molecule has 6 nitrogen and oxygen atoms in total. The van der Waals surface area contributed by atoms with E-state index in [-0.39, 0.29) is 11.8 Å². The number of nitrogens with one attached hydrogen (secondary N) is 1. The number of nitrogens with two attached hydrogens (primary N) is 1. The number of oxime groups is 1. The molecule has 0 aromatic carbocycles. The monoisotopic (exact) mass is 217 g/mol. The first-order chi connectivity index (χ1) is 7.01. The van der Waals surface area contributed by atoms with Gasteiger partial charge < -0.3 is 21.0 Å². The molecule has 0 rings (SSSR count). The molecule has 0 aromatic rings. The molecular weight excluding hydrogens is 198 g/mol. The van der Waals surface area contributed by atoms with E-state index in [1.165, 1.54) is 0 Å². The number of carbonyl (C=O) groups is 1. The maximum Gasteiger partial charge on any atom is 0.407 e.